The molecule has 2 aliphatic heterocycles. The lowest BCUT2D eigenvalue weighted by atomic mass is 9.92. The van der Waals surface area contributed by atoms with Crippen LogP contribution < -0.4 is 20.7 Å². The minimum absolute atomic E-state index is 0.0860. The quantitative estimate of drug-likeness (QED) is 0.157. The minimum Gasteiger partial charge on any atom is -0.491 e. The molecule has 2 saturated heterocycles. The van der Waals surface area contributed by atoms with Gasteiger partial charge in [0.15, 0.2) is 0 Å². The zero-order valence-corrected chi connectivity index (χ0v) is 24.6. The van der Waals surface area contributed by atoms with Crippen molar-refractivity contribution < 1.29 is 29.0 Å². The first-order valence-electron chi connectivity index (χ1n) is 14.6. The summed E-state index contributed by atoms with van der Waals surface area (Å²) in [5, 5.41) is 17.9. The zero-order valence-electron chi connectivity index (χ0n) is 23.7. The number of piperazine rings is 1. The molecule has 226 valence electrons. The van der Waals surface area contributed by atoms with Gasteiger partial charge in [-0.25, -0.2) is 0 Å². The maximum atomic E-state index is 13.9. The maximum Gasteiger partial charge on any atom is 0.246 e. The molecule has 2 fully saturated rings. The number of unbranched alkanes of at least 4 members (excludes halogenated alkanes) is 3. The topological polar surface area (TPSA) is 137 Å². The van der Waals surface area contributed by atoms with Gasteiger partial charge in [0, 0.05) is 19.5 Å². The highest BCUT2D eigenvalue weighted by atomic mass is 32.1. The van der Waals surface area contributed by atoms with Crippen LogP contribution in [0.25, 0.3) is 0 Å². The minimum atomic E-state index is -0.750. The number of ether oxygens (including phenoxy) is 1. The molecular formula is C31H40N4O6S. The molecule has 10 nitrogen and oxygen atoms in total. The van der Waals surface area contributed by atoms with E-state index in [1.54, 1.807) is 23.1 Å². The first-order valence-corrected chi connectivity index (χ1v) is 15.2. The fraction of sp³-hybridized carbons (Fsp3) is 0.484. The summed E-state index contributed by atoms with van der Waals surface area (Å²) in [6.07, 6.45) is 4.02. The van der Waals surface area contributed by atoms with Crippen LogP contribution in [0.5, 0.6) is 5.75 Å². The van der Waals surface area contributed by atoms with Crippen molar-refractivity contribution in [3.8, 4) is 5.75 Å². The lowest BCUT2D eigenvalue weighted by Gasteiger charge is -2.38. The summed E-state index contributed by atoms with van der Waals surface area (Å²) in [5.41, 5.74) is 1.64. The number of carbonyl (C=O) groups excluding carboxylic acids is 4. The van der Waals surface area contributed by atoms with Gasteiger partial charge in [-0.15, -0.1) is 0 Å². The van der Waals surface area contributed by atoms with Crippen LogP contribution in [-0.2, 0) is 25.6 Å². The Morgan fingerprint density at radius 3 is 2.45 bits per heavy atom. The fourth-order valence-corrected chi connectivity index (χ4v) is 5.83. The highest BCUT2D eigenvalue weighted by Gasteiger charge is 2.54. The molecular weight excluding hydrogens is 556 g/mol. The van der Waals surface area contributed by atoms with E-state index in [4.69, 9.17) is 4.74 Å². The summed E-state index contributed by atoms with van der Waals surface area (Å²) in [6.45, 7) is 1.06. The van der Waals surface area contributed by atoms with Gasteiger partial charge in [0.2, 0.25) is 23.6 Å². The molecule has 2 heterocycles. The van der Waals surface area contributed by atoms with Crippen molar-refractivity contribution in [2.45, 2.75) is 56.7 Å². The van der Waals surface area contributed by atoms with E-state index in [0.29, 0.717) is 30.8 Å². The van der Waals surface area contributed by atoms with Gasteiger partial charge in [0.25, 0.3) is 0 Å². The first-order chi connectivity index (χ1) is 20.4. The van der Waals surface area contributed by atoms with Gasteiger partial charge >= 0.3 is 0 Å². The molecule has 4 N–H and O–H groups in total. The van der Waals surface area contributed by atoms with Gasteiger partial charge in [-0.05, 0) is 42.5 Å². The molecule has 42 heavy (non-hydrogen) atoms. The Hall–Kier alpha value is -3.57. The smallest absolute Gasteiger partial charge is 0.246 e. The highest BCUT2D eigenvalue weighted by Crippen LogP contribution is 2.44. The maximum absolute atomic E-state index is 13.9. The molecule has 0 saturated carbocycles. The highest BCUT2D eigenvalue weighted by molar-refractivity contribution is 7.81. The summed E-state index contributed by atoms with van der Waals surface area (Å²) in [7, 11) is 0. The fourth-order valence-electron chi connectivity index (χ4n) is 5.72. The number of nitrogens with zero attached hydrogens (tertiary/aromatic N) is 1. The van der Waals surface area contributed by atoms with Crippen molar-refractivity contribution >= 4 is 36.3 Å². The number of thiol groups is 1. The second kappa shape index (κ2) is 15.6. The third kappa shape index (κ3) is 8.04. The molecule has 0 spiro atoms. The largest absolute Gasteiger partial charge is 0.491 e. The van der Waals surface area contributed by atoms with Crippen LogP contribution in [0.4, 0.5) is 0 Å². The lowest BCUT2D eigenvalue weighted by Crippen LogP contribution is -2.62. The number of aliphatic hydroxyl groups excluding tert-OH is 1. The molecule has 2 aromatic carbocycles. The van der Waals surface area contributed by atoms with E-state index in [0.717, 1.165) is 31.2 Å². The van der Waals surface area contributed by atoms with Gasteiger partial charge in [-0.2, -0.15) is 12.6 Å². The van der Waals surface area contributed by atoms with Crippen molar-refractivity contribution in [2.75, 3.05) is 32.1 Å². The summed E-state index contributed by atoms with van der Waals surface area (Å²) in [6, 6.07) is 14.6. The number of aliphatic hydroxyl groups is 1. The Morgan fingerprint density at radius 1 is 1.00 bits per heavy atom. The first kappa shape index (κ1) is 31.4. The summed E-state index contributed by atoms with van der Waals surface area (Å²) in [4.78, 5) is 53.6. The van der Waals surface area contributed by atoms with Crippen molar-refractivity contribution in [3.63, 3.8) is 0 Å². The van der Waals surface area contributed by atoms with Crippen LogP contribution in [0, 0.1) is 5.92 Å². The van der Waals surface area contributed by atoms with E-state index in [1.165, 1.54) is 0 Å². The number of fused-ring (bicyclic) bond motifs is 1. The van der Waals surface area contributed by atoms with E-state index in [1.807, 2.05) is 36.4 Å². The predicted molar refractivity (Wildman–Crippen MR) is 161 cm³/mol. The van der Waals surface area contributed by atoms with Gasteiger partial charge in [0.05, 0.1) is 24.3 Å². The Balaban J connectivity index is 1.46. The molecule has 2 aromatic rings. The lowest BCUT2D eigenvalue weighted by molar-refractivity contribution is -0.149. The molecule has 0 aromatic heterocycles. The van der Waals surface area contributed by atoms with Crippen molar-refractivity contribution in [1.29, 1.82) is 0 Å². The molecule has 11 heteroatoms. The average molecular weight is 597 g/mol. The van der Waals surface area contributed by atoms with Gasteiger partial charge in [-0.3, -0.25) is 19.2 Å². The average Bonchev–Trinajstić information content (AvgIpc) is 3.42. The van der Waals surface area contributed by atoms with E-state index in [-0.39, 0.29) is 49.0 Å². The van der Waals surface area contributed by atoms with Crippen LogP contribution in [0.2, 0.25) is 0 Å². The van der Waals surface area contributed by atoms with Gasteiger partial charge in [-0.1, -0.05) is 55.3 Å². The summed E-state index contributed by atoms with van der Waals surface area (Å²) in [5.74, 6) is -0.680. The third-order valence-electron chi connectivity index (χ3n) is 7.71. The molecule has 4 atom stereocenters. The number of rotatable bonds is 15. The second-order valence-electron chi connectivity index (χ2n) is 10.7. The van der Waals surface area contributed by atoms with Gasteiger partial charge < -0.3 is 30.7 Å². The van der Waals surface area contributed by atoms with E-state index in [9.17, 15) is 24.3 Å². The molecule has 0 unspecified atom stereocenters. The van der Waals surface area contributed by atoms with Crippen LogP contribution >= 0.6 is 12.6 Å². The van der Waals surface area contributed by atoms with Crippen LogP contribution in [-0.4, -0.2) is 77.8 Å². The van der Waals surface area contributed by atoms with Crippen LogP contribution in [0.15, 0.2) is 54.6 Å². The number of carbonyl (C=O) groups is 4. The number of benzene rings is 2. The Bertz CT molecular complexity index is 1230. The van der Waals surface area contributed by atoms with Crippen molar-refractivity contribution in [3.05, 3.63) is 65.7 Å². The standard InChI is InChI=1S/C31H40N4O6S/c36-15-16-41-23-12-8-11-22(18-23)28-24(29(38)33-14-7-2-1-6-13-32-27(37)20-42)19-26-30(39)34-25(31(40)35(26)28)17-21-9-4-3-5-10-21/h3-5,8-12,18,24-26,28,36,42H,1-2,6-7,13-17,19-20H2,(H,32,37)(H,33,38)(H,34,39)/t24-,25+,26-,28-/m1/s1. The Kier molecular flexibility index (Phi) is 11.7. The Morgan fingerprint density at radius 2 is 1.74 bits per heavy atom. The molecule has 0 bridgehead atoms. The predicted octanol–water partition coefficient (Wildman–Crippen LogP) is 1.78. The van der Waals surface area contributed by atoms with E-state index in [2.05, 4.69) is 28.6 Å². The van der Waals surface area contributed by atoms with Crippen molar-refractivity contribution in [2.24, 2.45) is 5.92 Å². The molecule has 0 radical (unpaired) electrons. The van der Waals surface area contributed by atoms with E-state index >= 15 is 0 Å². The van der Waals surface area contributed by atoms with Crippen LogP contribution in [0.1, 0.15) is 49.3 Å². The summed E-state index contributed by atoms with van der Waals surface area (Å²) < 4.78 is 5.61. The third-order valence-corrected chi connectivity index (χ3v) is 8.00. The van der Waals surface area contributed by atoms with Crippen LogP contribution in [0.3, 0.4) is 0 Å². The SMILES string of the molecule is O=C(CS)NCCCCCCNC(=O)[C@@H]1C[C@@H]2C(=O)N[C@@H](Cc3ccccc3)C(=O)N2[C@@H]1c1cccc(OCCO)c1. The van der Waals surface area contributed by atoms with Crippen molar-refractivity contribution in [1.82, 2.24) is 20.9 Å². The molecule has 4 amide bonds. The second-order valence-corrected chi connectivity index (χ2v) is 11.0. The van der Waals surface area contributed by atoms with Gasteiger partial charge in [0.1, 0.15) is 24.4 Å². The monoisotopic (exact) mass is 596 g/mol. The summed E-state index contributed by atoms with van der Waals surface area (Å²) >= 11 is 3.94. The number of hydrogen-bond acceptors (Lipinski definition) is 7. The number of amides is 4. The molecule has 0 aliphatic carbocycles. The molecule has 2 aliphatic rings. The molecule has 4 rings (SSSR count). The zero-order chi connectivity index (χ0) is 29.9. The van der Waals surface area contributed by atoms with E-state index < -0.39 is 24.0 Å². The normalized spacial score (nSPS) is 21.4. The Labute approximate surface area is 252 Å². The number of hydrogen-bond donors (Lipinski definition) is 5. The number of nitrogens with one attached hydrogen (secondary N) is 3.